The molecule has 1 saturated heterocycles. The van der Waals surface area contributed by atoms with E-state index in [0.717, 1.165) is 17.5 Å². The van der Waals surface area contributed by atoms with Gasteiger partial charge in [-0.1, -0.05) is 35.0 Å². The average Bonchev–Trinajstić information content (AvgIpc) is 3.16. The Hall–Kier alpha value is -2.29. The second-order valence-electron chi connectivity index (χ2n) is 5.57. The number of hydrogen-bond acceptors (Lipinski definition) is 6. The summed E-state index contributed by atoms with van der Waals surface area (Å²) in [7, 11) is 0. The van der Waals surface area contributed by atoms with Crippen molar-refractivity contribution in [3.63, 3.8) is 0 Å². The molecule has 0 bridgehead atoms. The summed E-state index contributed by atoms with van der Waals surface area (Å²) in [6.45, 7) is 1.82. The zero-order valence-electron chi connectivity index (χ0n) is 14.0. The molecule has 0 saturated carbocycles. The first-order valence-corrected chi connectivity index (χ1v) is 9.44. The number of benzene rings is 1. The third-order valence-corrected chi connectivity index (χ3v) is 5.07. The highest BCUT2D eigenvalue weighted by atomic mass is 35.5. The van der Waals surface area contributed by atoms with Gasteiger partial charge in [0.05, 0.1) is 16.9 Å². The quantitative estimate of drug-likeness (QED) is 0.562. The fourth-order valence-corrected chi connectivity index (χ4v) is 3.59. The van der Waals surface area contributed by atoms with Crippen LogP contribution in [0.3, 0.4) is 0 Å². The molecule has 10 heteroatoms. The highest BCUT2D eigenvalue weighted by Gasteiger charge is 2.32. The summed E-state index contributed by atoms with van der Waals surface area (Å²) < 4.78 is 5.33. The standard InChI is InChI=1S/C17H14Cl2N4O3S/c1-9-2-4-11(26-9)8-20-23-17-22-16(25)14(27-17)7-15(24)21-13-5-3-10(18)6-12(13)19/h2-6,8,14H,7H2,1H3,(H,21,24)(H,22,23,25)/b20-8-/t14-/m0/s1. The van der Waals surface area contributed by atoms with Crippen LogP contribution in [0.4, 0.5) is 5.69 Å². The van der Waals surface area contributed by atoms with E-state index in [2.05, 4.69) is 20.8 Å². The average molecular weight is 425 g/mol. The molecule has 0 radical (unpaired) electrons. The van der Waals surface area contributed by atoms with Crippen molar-refractivity contribution in [2.45, 2.75) is 18.6 Å². The molecule has 2 amide bonds. The summed E-state index contributed by atoms with van der Waals surface area (Å²) in [5.41, 5.74) is 0.432. The van der Waals surface area contributed by atoms with E-state index in [4.69, 9.17) is 27.6 Å². The van der Waals surface area contributed by atoms with Gasteiger partial charge in [0.15, 0.2) is 5.17 Å². The summed E-state index contributed by atoms with van der Waals surface area (Å²) in [4.78, 5) is 24.2. The summed E-state index contributed by atoms with van der Waals surface area (Å²) in [5, 5.41) is 13.6. The molecule has 1 aromatic carbocycles. The minimum absolute atomic E-state index is 0.0322. The first-order valence-electron chi connectivity index (χ1n) is 7.80. The molecular weight excluding hydrogens is 411 g/mol. The molecule has 1 aliphatic rings. The number of halogens is 2. The van der Waals surface area contributed by atoms with Crippen LogP contribution < -0.4 is 10.6 Å². The minimum atomic E-state index is -0.601. The van der Waals surface area contributed by atoms with Gasteiger partial charge >= 0.3 is 0 Å². The molecule has 0 spiro atoms. The topological polar surface area (TPSA) is 96.1 Å². The molecule has 2 heterocycles. The summed E-state index contributed by atoms with van der Waals surface area (Å²) in [6, 6.07) is 8.31. The number of hydrogen-bond donors (Lipinski definition) is 2. The third kappa shape index (κ3) is 5.35. The maximum Gasteiger partial charge on any atom is 0.240 e. The Balaban J connectivity index is 1.56. The smallest absolute Gasteiger partial charge is 0.240 e. The monoisotopic (exact) mass is 424 g/mol. The number of nitrogens with one attached hydrogen (secondary N) is 2. The lowest BCUT2D eigenvalue weighted by Crippen LogP contribution is -2.28. The van der Waals surface area contributed by atoms with Gasteiger partial charge in [0.1, 0.15) is 16.8 Å². The lowest BCUT2D eigenvalue weighted by Gasteiger charge is -2.09. The fourth-order valence-electron chi connectivity index (χ4n) is 2.21. The molecule has 7 nitrogen and oxygen atoms in total. The van der Waals surface area contributed by atoms with Crippen LogP contribution in [0.15, 0.2) is 45.0 Å². The van der Waals surface area contributed by atoms with E-state index in [1.807, 2.05) is 13.0 Å². The van der Waals surface area contributed by atoms with Crippen molar-refractivity contribution in [2.75, 3.05) is 5.32 Å². The number of amides is 2. The number of aryl methyl sites for hydroxylation is 1. The molecular formula is C17H14Cl2N4O3S. The van der Waals surface area contributed by atoms with E-state index in [1.165, 1.54) is 12.3 Å². The van der Waals surface area contributed by atoms with Crippen molar-refractivity contribution in [2.24, 2.45) is 10.2 Å². The van der Waals surface area contributed by atoms with Crippen LogP contribution in [0.1, 0.15) is 17.9 Å². The molecule has 2 N–H and O–H groups in total. The minimum Gasteiger partial charge on any atom is -0.460 e. The van der Waals surface area contributed by atoms with Crippen molar-refractivity contribution in [3.8, 4) is 0 Å². The van der Waals surface area contributed by atoms with Crippen LogP contribution in [0, 0.1) is 6.92 Å². The zero-order valence-corrected chi connectivity index (χ0v) is 16.4. The maximum absolute atomic E-state index is 12.2. The van der Waals surface area contributed by atoms with Gasteiger partial charge in [-0.2, -0.15) is 5.10 Å². The Morgan fingerprint density at radius 2 is 2.19 bits per heavy atom. The van der Waals surface area contributed by atoms with Crippen molar-refractivity contribution < 1.29 is 14.0 Å². The van der Waals surface area contributed by atoms with Crippen molar-refractivity contribution >= 4 is 63.8 Å². The molecule has 0 aliphatic carbocycles. The molecule has 1 fully saturated rings. The second-order valence-corrected chi connectivity index (χ2v) is 7.61. The lowest BCUT2D eigenvalue weighted by molar-refractivity contribution is -0.122. The second kappa shape index (κ2) is 8.60. The van der Waals surface area contributed by atoms with Crippen molar-refractivity contribution in [1.29, 1.82) is 0 Å². The van der Waals surface area contributed by atoms with Gasteiger partial charge in [0.2, 0.25) is 11.8 Å². The SMILES string of the molecule is Cc1ccc(/C=N\N=C2/NC(=O)[C@H](CC(=O)Nc3ccc(Cl)cc3Cl)S2)o1. The highest BCUT2D eigenvalue weighted by Crippen LogP contribution is 2.27. The molecule has 2 aromatic rings. The number of thioether (sulfide) groups is 1. The van der Waals surface area contributed by atoms with E-state index in [9.17, 15) is 9.59 Å². The Morgan fingerprint density at radius 1 is 1.37 bits per heavy atom. The lowest BCUT2D eigenvalue weighted by atomic mass is 10.2. The van der Waals surface area contributed by atoms with Gasteiger partial charge in [0, 0.05) is 11.4 Å². The van der Waals surface area contributed by atoms with Crippen molar-refractivity contribution in [3.05, 3.63) is 51.9 Å². The predicted octanol–water partition coefficient (Wildman–Crippen LogP) is 3.85. The van der Waals surface area contributed by atoms with E-state index in [0.29, 0.717) is 26.7 Å². The first-order chi connectivity index (χ1) is 12.9. The number of furan rings is 1. The van der Waals surface area contributed by atoms with E-state index >= 15 is 0 Å². The Labute approximate surface area is 169 Å². The van der Waals surface area contributed by atoms with E-state index in [1.54, 1.807) is 18.2 Å². The van der Waals surface area contributed by atoms with Gasteiger partial charge in [-0.25, -0.2) is 0 Å². The van der Waals surface area contributed by atoms with Gasteiger partial charge < -0.3 is 15.1 Å². The van der Waals surface area contributed by atoms with E-state index < -0.39 is 5.25 Å². The highest BCUT2D eigenvalue weighted by molar-refractivity contribution is 8.15. The van der Waals surface area contributed by atoms with E-state index in [-0.39, 0.29) is 18.2 Å². The Bertz CT molecular complexity index is 942. The molecule has 1 aromatic heterocycles. The Morgan fingerprint density at radius 3 is 2.89 bits per heavy atom. The zero-order chi connectivity index (χ0) is 19.4. The van der Waals surface area contributed by atoms with Crippen LogP contribution in [-0.2, 0) is 9.59 Å². The normalized spacial score (nSPS) is 18.3. The number of carbonyl (C=O) groups excluding carboxylic acids is 2. The number of nitrogens with zero attached hydrogens (tertiary/aromatic N) is 2. The van der Waals surface area contributed by atoms with Crippen LogP contribution in [0.25, 0.3) is 0 Å². The number of amidine groups is 1. The molecule has 1 aliphatic heterocycles. The summed E-state index contributed by atoms with van der Waals surface area (Å²) in [5.74, 6) is 0.671. The van der Waals surface area contributed by atoms with Crippen LogP contribution in [-0.4, -0.2) is 28.4 Å². The molecule has 3 rings (SSSR count). The predicted molar refractivity (Wildman–Crippen MR) is 108 cm³/mol. The van der Waals surface area contributed by atoms with Crippen LogP contribution in [0.2, 0.25) is 10.0 Å². The molecule has 1 atom stereocenters. The molecule has 140 valence electrons. The van der Waals surface area contributed by atoms with Gasteiger partial charge in [0.25, 0.3) is 0 Å². The van der Waals surface area contributed by atoms with Crippen LogP contribution in [0.5, 0.6) is 0 Å². The third-order valence-electron chi connectivity index (χ3n) is 3.45. The number of rotatable bonds is 5. The van der Waals surface area contributed by atoms with Gasteiger partial charge in [-0.05, 0) is 37.3 Å². The van der Waals surface area contributed by atoms with Gasteiger partial charge in [-0.3, -0.25) is 9.59 Å². The number of carbonyl (C=O) groups is 2. The fraction of sp³-hybridized carbons (Fsp3) is 0.176. The van der Waals surface area contributed by atoms with Gasteiger partial charge in [-0.15, -0.1) is 5.10 Å². The van der Waals surface area contributed by atoms with Crippen molar-refractivity contribution in [1.82, 2.24) is 5.32 Å². The molecule has 27 heavy (non-hydrogen) atoms. The maximum atomic E-state index is 12.2. The Kier molecular flexibility index (Phi) is 6.20. The largest absolute Gasteiger partial charge is 0.460 e. The summed E-state index contributed by atoms with van der Waals surface area (Å²) >= 11 is 13.0. The molecule has 0 unspecified atom stereocenters. The van der Waals surface area contributed by atoms with Crippen LogP contribution >= 0.6 is 35.0 Å². The first kappa shape index (κ1) is 19.5. The summed E-state index contributed by atoms with van der Waals surface area (Å²) in [6.07, 6.45) is 1.41. The number of anilines is 1.